The van der Waals surface area contributed by atoms with Gasteiger partial charge in [0.25, 0.3) is 5.91 Å². The van der Waals surface area contributed by atoms with Crippen LogP contribution in [0.3, 0.4) is 0 Å². The molecule has 1 saturated heterocycles. The average molecular weight is 335 g/mol. The Balaban J connectivity index is 2.15. The number of ether oxygens (including phenoxy) is 2. The highest BCUT2D eigenvalue weighted by Gasteiger charge is 2.30. The summed E-state index contributed by atoms with van der Waals surface area (Å²) in [6.07, 6.45) is 0.832. The SMILES string of the molecule is CCNc1ccc(C(=O)OCC)cc1NC(=O)[C@@H]1CC[C@H](CN)O1. The van der Waals surface area contributed by atoms with Gasteiger partial charge in [-0.1, -0.05) is 0 Å². The van der Waals surface area contributed by atoms with Crippen LogP contribution in [0.4, 0.5) is 11.4 Å². The molecule has 1 heterocycles. The van der Waals surface area contributed by atoms with Gasteiger partial charge in [-0.15, -0.1) is 0 Å². The van der Waals surface area contributed by atoms with Gasteiger partial charge in [-0.05, 0) is 44.9 Å². The van der Waals surface area contributed by atoms with Crippen molar-refractivity contribution in [1.29, 1.82) is 0 Å². The number of nitrogens with two attached hydrogens (primary N) is 1. The van der Waals surface area contributed by atoms with Crippen LogP contribution in [0.2, 0.25) is 0 Å². The fraction of sp³-hybridized carbons (Fsp3) is 0.529. The maximum absolute atomic E-state index is 12.4. The second-order valence-corrected chi connectivity index (χ2v) is 5.56. The summed E-state index contributed by atoms with van der Waals surface area (Å²) in [5, 5.41) is 6.01. The van der Waals surface area contributed by atoms with Gasteiger partial charge >= 0.3 is 5.97 Å². The summed E-state index contributed by atoms with van der Waals surface area (Å²) in [7, 11) is 0. The third kappa shape index (κ3) is 4.46. The minimum Gasteiger partial charge on any atom is -0.462 e. The maximum Gasteiger partial charge on any atom is 0.338 e. The smallest absolute Gasteiger partial charge is 0.338 e. The van der Waals surface area contributed by atoms with Gasteiger partial charge in [0, 0.05) is 13.1 Å². The van der Waals surface area contributed by atoms with Gasteiger partial charge in [-0.3, -0.25) is 4.79 Å². The molecule has 0 aromatic heterocycles. The van der Waals surface area contributed by atoms with Crippen molar-refractivity contribution >= 4 is 23.3 Å². The van der Waals surface area contributed by atoms with E-state index in [1.165, 1.54) is 0 Å². The number of benzene rings is 1. The Kier molecular flexibility index (Phi) is 6.57. The van der Waals surface area contributed by atoms with Crippen LogP contribution in [0, 0.1) is 0 Å². The van der Waals surface area contributed by atoms with Gasteiger partial charge in [0.2, 0.25) is 0 Å². The topological polar surface area (TPSA) is 103 Å². The van der Waals surface area contributed by atoms with Gasteiger partial charge in [0.05, 0.1) is 29.6 Å². The van der Waals surface area contributed by atoms with E-state index < -0.39 is 12.1 Å². The van der Waals surface area contributed by atoms with Crippen molar-refractivity contribution in [2.24, 2.45) is 5.73 Å². The zero-order chi connectivity index (χ0) is 17.5. The Bertz CT molecular complexity index is 591. The highest BCUT2D eigenvalue weighted by atomic mass is 16.5. The fourth-order valence-electron chi connectivity index (χ4n) is 2.62. The highest BCUT2D eigenvalue weighted by molar-refractivity contribution is 5.99. The molecule has 132 valence electrons. The third-order valence-electron chi connectivity index (χ3n) is 3.82. The first-order valence-corrected chi connectivity index (χ1v) is 8.30. The monoisotopic (exact) mass is 335 g/mol. The van der Waals surface area contributed by atoms with E-state index in [1.807, 2.05) is 6.92 Å². The molecular weight excluding hydrogens is 310 g/mol. The van der Waals surface area contributed by atoms with Crippen molar-refractivity contribution in [3.8, 4) is 0 Å². The molecule has 0 bridgehead atoms. The number of hydrogen-bond acceptors (Lipinski definition) is 6. The molecule has 1 aromatic carbocycles. The lowest BCUT2D eigenvalue weighted by atomic mass is 10.1. The lowest BCUT2D eigenvalue weighted by Gasteiger charge is -2.16. The molecule has 0 unspecified atom stereocenters. The minimum absolute atomic E-state index is 0.0696. The average Bonchev–Trinajstić information content (AvgIpc) is 3.06. The Morgan fingerprint density at radius 2 is 2.08 bits per heavy atom. The predicted molar refractivity (Wildman–Crippen MR) is 92.1 cm³/mol. The van der Waals surface area contributed by atoms with Crippen LogP contribution in [-0.4, -0.2) is 43.8 Å². The first-order chi connectivity index (χ1) is 11.6. The second kappa shape index (κ2) is 8.65. The number of carbonyl (C=O) groups excluding carboxylic acids is 2. The van der Waals surface area contributed by atoms with Gasteiger partial charge in [0.15, 0.2) is 0 Å². The molecule has 4 N–H and O–H groups in total. The fourth-order valence-corrected chi connectivity index (χ4v) is 2.62. The number of carbonyl (C=O) groups is 2. The van der Waals surface area contributed by atoms with E-state index in [1.54, 1.807) is 25.1 Å². The molecule has 24 heavy (non-hydrogen) atoms. The van der Waals surface area contributed by atoms with Crippen molar-refractivity contribution in [2.45, 2.75) is 38.9 Å². The highest BCUT2D eigenvalue weighted by Crippen LogP contribution is 2.26. The number of amides is 1. The summed E-state index contributed by atoms with van der Waals surface area (Å²) >= 11 is 0. The number of nitrogens with one attached hydrogen (secondary N) is 2. The van der Waals surface area contributed by atoms with E-state index in [0.717, 1.165) is 12.1 Å². The Labute approximate surface area is 141 Å². The summed E-state index contributed by atoms with van der Waals surface area (Å²) in [5.74, 6) is -0.650. The molecule has 7 nitrogen and oxygen atoms in total. The van der Waals surface area contributed by atoms with Crippen molar-refractivity contribution < 1.29 is 19.1 Å². The predicted octanol–water partition coefficient (Wildman–Crippen LogP) is 1.74. The molecule has 1 aliphatic rings. The molecule has 0 aliphatic carbocycles. The molecular formula is C17H25N3O4. The van der Waals surface area contributed by atoms with Gasteiger partial charge < -0.3 is 25.8 Å². The summed E-state index contributed by atoms with van der Waals surface area (Å²) < 4.78 is 10.6. The van der Waals surface area contributed by atoms with Crippen LogP contribution in [0.1, 0.15) is 37.0 Å². The zero-order valence-corrected chi connectivity index (χ0v) is 14.1. The summed E-state index contributed by atoms with van der Waals surface area (Å²) in [6, 6.07) is 5.04. The first kappa shape index (κ1) is 18.2. The van der Waals surface area contributed by atoms with Crippen LogP contribution in [0.25, 0.3) is 0 Å². The second-order valence-electron chi connectivity index (χ2n) is 5.56. The zero-order valence-electron chi connectivity index (χ0n) is 14.1. The molecule has 0 saturated carbocycles. The molecule has 0 radical (unpaired) electrons. The van der Waals surface area contributed by atoms with E-state index in [9.17, 15) is 9.59 Å². The van der Waals surface area contributed by atoms with Crippen molar-refractivity contribution in [3.05, 3.63) is 23.8 Å². The lowest BCUT2D eigenvalue weighted by Crippen LogP contribution is -2.30. The molecule has 1 fully saturated rings. The van der Waals surface area contributed by atoms with E-state index in [-0.39, 0.29) is 12.0 Å². The Morgan fingerprint density at radius 1 is 1.29 bits per heavy atom. The molecule has 2 atom stereocenters. The van der Waals surface area contributed by atoms with Gasteiger partial charge in [0.1, 0.15) is 6.10 Å². The van der Waals surface area contributed by atoms with Crippen LogP contribution < -0.4 is 16.4 Å². The molecule has 0 spiro atoms. The standard InChI is InChI=1S/C17H25N3O4/c1-3-19-13-7-5-11(17(22)23-4-2)9-14(13)20-16(21)15-8-6-12(10-18)24-15/h5,7,9,12,15,19H,3-4,6,8,10,18H2,1-2H3,(H,20,21)/t12-,15+/m1/s1. The van der Waals surface area contributed by atoms with Crippen LogP contribution in [0.5, 0.6) is 0 Å². The summed E-state index contributed by atoms with van der Waals surface area (Å²) in [4.78, 5) is 24.3. The van der Waals surface area contributed by atoms with E-state index in [4.69, 9.17) is 15.2 Å². The van der Waals surface area contributed by atoms with E-state index in [0.29, 0.717) is 37.4 Å². The quantitative estimate of drug-likeness (QED) is 0.656. The van der Waals surface area contributed by atoms with Crippen molar-refractivity contribution in [1.82, 2.24) is 0 Å². The number of hydrogen-bond donors (Lipinski definition) is 3. The first-order valence-electron chi connectivity index (χ1n) is 8.30. The van der Waals surface area contributed by atoms with Crippen molar-refractivity contribution in [2.75, 3.05) is 30.3 Å². The number of anilines is 2. The molecule has 1 aliphatic heterocycles. The van der Waals surface area contributed by atoms with Crippen LogP contribution in [0.15, 0.2) is 18.2 Å². The normalized spacial score (nSPS) is 19.8. The Morgan fingerprint density at radius 3 is 2.71 bits per heavy atom. The summed E-state index contributed by atoms with van der Waals surface area (Å²) in [6.45, 7) is 5.10. The largest absolute Gasteiger partial charge is 0.462 e. The van der Waals surface area contributed by atoms with Crippen LogP contribution >= 0.6 is 0 Å². The minimum atomic E-state index is -0.515. The molecule has 7 heteroatoms. The van der Waals surface area contributed by atoms with E-state index in [2.05, 4.69) is 10.6 Å². The Hall–Kier alpha value is -2.12. The van der Waals surface area contributed by atoms with Gasteiger partial charge in [-0.25, -0.2) is 4.79 Å². The number of rotatable bonds is 7. The third-order valence-corrected chi connectivity index (χ3v) is 3.82. The lowest BCUT2D eigenvalue weighted by molar-refractivity contribution is -0.126. The number of esters is 1. The molecule has 1 aromatic rings. The molecule has 1 amide bonds. The maximum atomic E-state index is 12.4. The molecule has 2 rings (SSSR count). The van der Waals surface area contributed by atoms with E-state index >= 15 is 0 Å². The van der Waals surface area contributed by atoms with Gasteiger partial charge in [-0.2, -0.15) is 0 Å². The summed E-state index contributed by atoms with van der Waals surface area (Å²) in [5.41, 5.74) is 7.24. The van der Waals surface area contributed by atoms with Crippen molar-refractivity contribution in [3.63, 3.8) is 0 Å². The van der Waals surface area contributed by atoms with Crippen LogP contribution in [-0.2, 0) is 14.3 Å².